The van der Waals surface area contributed by atoms with E-state index in [0.29, 0.717) is 18.4 Å². The van der Waals surface area contributed by atoms with Gasteiger partial charge in [0.05, 0.1) is 25.1 Å². The van der Waals surface area contributed by atoms with Crippen LogP contribution in [-0.4, -0.2) is 50.7 Å². The molecule has 6 heteroatoms. The number of nitrogens with zero attached hydrogens (tertiary/aromatic N) is 3. The number of methoxy groups -OCH3 is 2. The van der Waals surface area contributed by atoms with Crippen molar-refractivity contribution >= 4 is 17.3 Å². The monoisotopic (exact) mass is 245 g/mol. The molecule has 0 fully saturated rings. The molecule has 0 saturated carbocycles. The van der Waals surface area contributed by atoms with Crippen molar-refractivity contribution in [2.45, 2.75) is 0 Å². The number of hydrogen-bond donors (Lipinski definition) is 0. The van der Waals surface area contributed by atoms with Crippen LogP contribution in [0.5, 0.6) is 0 Å². The molecule has 1 aromatic rings. The second-order valence-corrected chi connectivity index (χ2v) is 3.60. The van der Waals surface area contributed by atoms with E-state index in [1.165, 1.54) is 0 Å². The Balaban J connectivity index is 2.66. The highest BCUT2D eigenvalue weighted by Gasteiger charge is 2.07. The van der Waals surface area contributed by atoms with Crippen LogP contribution in [0, 0.1) is 0 Å². The molecule has 0 N–H and O–H groups in total. The van der Waals surface area contributed by atoms with Crippen molar-refractivity contribution < 1.29 is 9.47 Å². The summed E-state index contributed by atoms with van der Waals surface area (Å²) in [6.07, 6.45) is 1.68. The lowest BCUT2D eigenvalue weighted by Gasteiger charge is -2.23. The van der Waals surface area contributed by atoms with Gasteiger partial charge in [-0.05, 0) is 0 Å². The predicted molar refractivity (Wildman–Crippen MR) is 63.0 cm³/mol. The van der Waals surface area contributed by atoms with Crippen molar-refractivity contribution in [1.29, 1.82) is 0 Å². The molecule has 0 aromatic carbocycles. The van der Waals surface area contributed by atoms with Crippen LogP contribution in [0.1, 0.15) is 0 Å². The maximum absolute atomic E-state index is 5.79. The van der Waals surface area contributed by atoms with Crippen LogP contribution in [0.3, 0.4) is 0 Å². The Morgan fingerprint density at radius 1 is 1.25 bits per heavy atom. The topological polar surface area (TPSA) is 47.5 Å². The third-order valence-corrected chi connectivity index (χ3v) is 2.29. The first-order valence-corrected chi connectivity index (χ1v) is 5.36. The van der Waals surface area contributed by atoms with E-state index in [0.717, 1.165) is 18.8 Å². The summed E-state index contributed by atoms with van der Waals surface area (Å²) in [5.74, 6) is 0. The minimum atomic E-state index is 0.386. The Morgan fingerprint density at radius 3 is 2.38 bits per heavy atom. The summed E-state index contributed by atoms with van der Waals surface area (Å²) in [6, 6.07) is 1.78. The van der Waals surface area contributed by atoms with Crippen molar-refractivity contribution in [1.82, 2.24) is 10.2 Å². The van der Waals surface area contributed by atoms with Crippen LogP contribution in [0.25, 0.3) is 0 Å². The molecule has 0 aliphatic rings. The van der Waals surface area contributed by atoms with Gasteiger partial charge in [-0.1, -0.05) is 11.6 Å². The molecule has 0 unspecified atom stereocenters. The molecular weight excluding hydrogens is 230 g/mol. The molecule has 1 heterocycles. The normalized spacial score (nSPS) is 10.4. The first-order chi connectivity index (χ1) is 7.77. The minimum Gasteiger partial charge on any atom is -0.383 e. The lowest BCUT2D eigenvalue weighted by Crippen LogP contribution is -2.30. The first-order valence-electron chi connectivity index (χ1n) is 4.99. The SMILES string of the molecule is COCCN(CCOC)c1cnnc(Cl)c1. The summed E-state index contributed by atoms with van der Waals surface area (Å²) in [5.41, 5.74) is 0.925. The third kappa shape index (κ3) is 4.30. The highest BCUT2D eigenvalue weighted by atomic mass is 35.5. The van der Waals surface area contributed by atoms with E-state index in [4.69, 9.17) is 21.1 Å². The third-order valence-electron chi connectivity index (χ3n) is 2.11. The fourth-order valence-corrected chi connectivity index (χ4v) is 1.43. The molecule has 0 bridgehead atoms. The first kappa shape index (κ1) is 13.2. The number of rotatable bonds is 7. The molecule has 0 radical (unpaired) electrons. The molecule has 16 heavy (non-hydrogen) atoms. The molecule has 5 nitrogen and oxygen atoms in total. The van der Waals surface area contributed by atoms with E-state index >= 15 is 0 Å². The molecule has 0 aliphatic heterocycles. The second kappa shape index (κ2) is 7.38. The van der Waals surface area contributed by atoms with Crippen molar-refractivity contribution in [2.75, 3.05) is 45.4 Å². The maximum atomic E-state index is 5.79. The summed E-state index contributed by atoms with van der Waals surface area (Å²) >= 11 is 5.79. The van der Waals surface area contributed by atoms with Gasteiger partial charge in [0.15, 0.2) is 5.15 Å². The van der Waals surface area contributed by atoms with E-state index in [1.807, 2.05) is 0 Å². The van der Waals surface area contributed by atoms with Gasteiger partial charge in [-0.15, -0.1) is 5.10 Å². The Bertz CT molecular complexity index is 304. The Hall–Kier alpha value is -0.910. The molecule has 1 aromatic heterocycles. The Kier molecular flexibility index (Phi) is 6.07. The average Bonchev–Trinajstić information content (AvgIpc) is 2.29. The van der Waals surface area contributed by atoms with Gasteiger partial charge in [0.1, 0.15) is 0 Å². The highest BCUT2D eigenvalue weighted by Crippen LogP contribution is 2.15. The van der Waals surface area contributed by atoms with Crippen LogP contribution in [0.4, 0.5) is 5.69 Å². The summed E-state index contributed by atoms with van der Waals surface area (Å²) in [5, 5.41) is 7.91. The number of hydrogen-bond acceptors (Lipinski definition) is 5. The van der Waals surface area contributed by atoms with Gasteiger partial charge in [-0.25, -0.2) is 0 Å². The van der Waals surface area contributed by atoms with Crippen molar-refractivity contribution in [2.24, 2.45) is 0 Å². The molecule has 0 saturated heterocycles. The molecule has 0 spiro atoms. The largest absolute Gasteiger partial charge is 0.383 e. The van der Waals surface area contributed by atoms with Crippen molar-refractivity contribution in [3.8, 4) is 0 Å². The standard InChI is InChI=1S/C10H16ClN3O2/c1-15-5-3-14(4-6-16-2)9-7-10(11)13-12-8-9/h7-8H,3-6H2,1-2H3. The van der Waals surface area contributed by atoms with Gasteiger partial charge in [0, 0.05) is 33.4 Å². The average molecular weight is 246 g/mol. The fraction of sp³-hybridized carbons (Fsp3) is 0.600. The zero-order chi connectivity index (χ0) is 11.8. The quantitative estimate of drug-likeness (QED) is 0.723. The van der Waals surface area contributed by atoms with E-state index in [2.05, 4.69) is 15.1 Å². The second-order valence-electron chi connectivity index (χ2n) is 3.21. The molecule has 0 atom stereocenters. The van der Waals surface area contributed by atoms with Crippen molar-refractivity contribution in [3.63, 3.8) is 0 Å². The Morgan fingerprint density at radius 2 is 1.88 bits per heavy atom. The predicted octanol–water partition coefficient (Wildman–Crippen LogP) is 1.23. The highest BCUT2D eigenvalue weighted by molar-refractivity contribution is 6.29. The van der Waals surface area contributed by atoms with Crippen molar-refractivity contribution in [3.05, 3.63) is 17.4 Å². The number of anilines is 1. The van der Waals surface area contributed by atoms with Crippen LogP contribution >= 0.6 is 11.6 Å². The van der Waals surface area contributed by atoms with E-state index in [9.17, 15) is 0 Å². The number of halogens is 1. The van der Waals surface area contributed by atoms with Gasteiger partial charge in [-0.2, -0.15) is 5.10 Å². The lowest BCUT2D eigenvalue weighted by molar-refractivity contribution is 0.190. The van der Waals surface area contributed by atoms with Gasteiger partial charge >= 0.3 is 0 Å². The van der Waals surface area contributed by atoms with Gasteiger partial charge in [0.25, 0.3) is 0 Å². The smallest absolute Gasteiger partial charge is 0.153 e. The van der Waals surface area contributed by atoms with Crippen LogP contribution in [0.2, 0.25) is 5.15 Å². The summed E-state index contributed by atoms with van der Waals surface area (Å²) in [4.78, 5) is 2.09. The molecule has 1 rings (SSSR count). The van der Waals surface area contributed by atoms with E-state index in [1.54, 1.807) is 26.5 Å². The number of aromatic nitrogens is 2. The minimum absolute atomic E-state index is 0.386. The van der Waals surface area contributed by atoms with Gasteiger partial charge < -0.3 is 14.4 Å². The summed E-state index contributed by atoms with van der Waals surface area (Å²) in [6.45, 7) is 2.82. The maximum Gasteiger partial charge on any atom is 0.153 e. The molecule has 0 aliphatic carbocycles. The summed E-state index contributed by atoms with van der Waals surface area (Å²) in [7, 11) is 3.35. The van der Waals surface area contributed by atoms with Gasteiger partial charge in [-0.3, -0.25) is 0 Å². The fourth-order valence-electron chi connectivity index (χ4n) is 1.28. The number of ether oxygens (including phenoxy) is 2. The zero-order valence-corrected chi connectivity index (χ0v) is 10.3. The zero-order valence-electron chi connectivity index (χ0n) is 9.52. The lowest BCUT2D eigenvalue weighted by atomic mass is 10.4. The molecule has 90 valence electrons. The van der Waals surface area contributed by atoms with Gasteiger partial charge in [0.2, 0.25) is 0 Å². The molecule has 0 amide bonds. The summed E-state index contributed by atoms with van der Waals surface area (Å²) < 4.78 is 10.1. The Labute approximate surface area is 100 Å². The molecular formula is C10H16ClN3O2. The van der Waals surface area contributed by atoms with Crippen LogP contribution in [-0.2, 0) is 9.47 Å². The van der Waals surface area contributed by atoms with E-state index < -0.39 is 0 Å². The van der Waals surface area contributed by atoms with Crippen LogP contribution in [0.15, 0.2) is 12.3 Å². The van der Waals surface area contributed by atoms with E-state index in [-0.39, 0.29) is 0 Å². The van der Waals surface area contributed by atoms with Crippen LogP contribution < -0.4 is 4.90 Å².